The summed E-state index contributed by atoms with van der Waals surface area (Å²) in [6.07, 6.45) is 3.27. The summed E-state index contributed by atoms with van der Waals surface area (Å²) in [5.74, 6) is -0.169. The Labute approximate surface area is 214 Å². The molecule has 1 aliphatic rings. The first-order valence-corrected chi connectivity index (χ1v) is 13.0. The molecule has 1 saturated heterocycles. The van der Waals surface area contributed by atoms with Crippen LogP contribution in [0.15, 0.2) is 78.9 Å². The van der Waals surface area contributed by atoms with E-state index in [4.69, 9.17) is 4.74 Å². The average Bonchev–Trinajstić information content (AvgIpc) is 2.92. The van der Waals surface area contributed by atoms with Crippen molar-refractivity contribution in [2.75, 3.05) is 30.4 Å². The van der Waals surface area contributed by atoms with Crippen molar-refractivity contribution in [3.8, 4) is 0 Å². The third kappa shape index (κ3) is 5.17. The van der Waals surface area contributed by atoms with Crippen LogP contribution in [0, 0.1) is 17.7 Å². The number of anilines is 2. The molecule has 4 rings (SSSR count). The first-order chi connectivity index (χ1) is 17.5. The molecule has 0 radical (unpaired) electrons. The molecule has 0 aromatic heterocycles. The summed E-state index contributed by atoms with van der Waals surface area (Å²) in [5, 5.41) is 2.87. The zero-order chi connectivity index (χ0) is 25.5. The van der Waals surface area contributed by atoms with E-state index < -0.39 is 5.60 Å². The molecule has 0 saturated carbocycles. The number of carbonyl (C=O) groups excluding carboxylic acids is 1. The van der Waals surface area contributed by atoms with Crippen LogP contribution in [0.3, 0.4) is 0 Å². The van der Waals surface area contributed by atoms with E-state index in [0.29, 0.717) is 11.4 Å². The number of methoxy groups -OCH3 is 1. The van der Waals surface area contributed by atoms with E-state index in [2.05, 4.69) is 58.7 Å². The first kappa shape index (κ1) is 25.9. The second-order valence-corrected chi connectivity index (χ2v) is 9.60. The second kappa shape index (κ2) is 11.7. The minimum absolute atomic E-state index is 0.0503. The molecule has 5 heteroatoms. The highest BCUT2D eigenvalue weighted by Crippen LogP contribution is 2.45. The van der Waals surface area contributed by atoms with Gasteiger partial charge in [0.05, 0.1) is 5.69 Å². The number of hydrogen-bond donors (Lipinski definition) is 1. The van der Waals surface area contributed by atoms with Crippen LogP contribution >= 0.6 is 0 Å². The Kier molecular flexibility index (Phi) is 8.42. The Hall–Kier alpha value is -3.18. The van der Waals surface area contributed by atoms with Crippen molar-refractivity contribution in [2.24, 2.45) is 11.8 Å². The summed E-state index contributed by atoms with van der Waals surface area (Å²) in [6.45, 7) is 5.45. The van der Waals surface area contributed by atoms with E-state index in [1.54, 1.807) is 19.2 Å². The van der Waals surface area contributed by atoms with Crippen LogP contribution in [0.4, 0.5) is 15.8 Å². The molecule has 1 aliphatic heterocycles. The molecular weight excluding hydrogens is 451 g/mol. The highest BCUT2D eigenvalue weighted by atomic mass is 19.1. The maximum absolute atomic E-state index is 15.2. The topological polar surface area (TPSA) is 41.6 Å². The van der Waals surface area contributed by atoms with Crippen molar-refractivity contribution < 1.29 is 13.9 Å². The molecule has 0 spiro atoms. The summed E-state index contributed by atoms with van der Waals surface area (Å²) in [5.41, 5.74) is 2.81. The summed E-state index contributed by atoms with van der Waals surface area (Å²) >= 11 is 0. The standard InChI is InChI=1S/C31H37FN2O2/c1-4-23(5-2)30(35)33-27-16-17-29(28(32)22-27)34-20-18-26(19-21-34)31(36-3,24-12-8-6-9-13-24)25-14-10-7-11-15-25/h6-17,22-23,26H,4-5,18-21H2,1-3H3,(H,33,35). The van der Waals surface area contributed by atoms with E-state index in [9.17, 15) is 4.79 Å². The van der Waals surface area contributed by atoms with Crippen LogP contribution in [0.1, 0.15) is 50.7 Å². The SMILES string of the molecule is CCC(CC)C(=O)Nc1ccc(N2CCC(C(OC)(c3ccccc3)c3ccccc3)CC2)c(F)c1. The van der Waals surface area contributed by atoms with Crippen LogP contribution in [0.5, 0.6) is 0 Å². The zero-order valence-electron chi connectivity index (χ0n) is 21.5. The average molecular weight is 489 g/mol. The molecule has 3 aromatic carbocycles. The van der Waals surface area contributed by atoms with Gasteiger partial charge in [-0.1, -0.05) is 74.5 Å². The molecule has 1 amide bonds. The van der Waals surface area contributed by atoms with E-state index in [-0.39, 0.29) is 23.6 Å². The first-order valence-electron chi connectivity index (χ1n) is 13.0. The molecule has 1 heterocycles. The monoisotopic (exact) mass is 488 g/mol. The minimum Gasteiger partial charge on any atom is -0.369 e. The normalized spacial score (nSPS) is 14.8. The molecule has 0 bridgehead atoms. The molecule has 1 N–H and O–H groups in total. The highest BCUT2D eigenvalue weighted by molar-refractivity contribution is 5.92. The van der Waals surface area contributed by atoms with Crippen molar-refractivity contribution >= 4 is 17.3 Å². The number of nitrogens with zero attached hydrogens (tertiary/aromatic N) is 1. The number of ether oxygens (including phenoxy) is 1. The molecule has 0 atom stereocenters. The van der Waals surface area contributed by atoms with Gasteiger partial charge in [0, 0.05) is 31.8 Å². The fourth-order valence-corrected chi connectivity index (χ4v) is 5.68. The quantitative estimate of drug-likeness (QED) is 0.352. The number of amides is 1. The summed E-state index contributed by atoms with van der Waals surface area (Å²) in [7, 11) is 1.79. The molecule has 0 aliphatic carbocycles. The van der Waals surface area contributed by atoms with Crippen molar-refractivity contribution in [3.05, 3.63) is 95.8 Å². The van der Waals surface area contributed by atoms with Crippen LogP contribution in [0.25, 0.3) is 0 Å². The lowest BCUT2D eigenvalue weighted by atomic mass is 9.71. The Morgan fingerprint density at radius 2 is 1.53 bits per heavy atom. The van der Waals surface area contributed by atoms with Crippen LogP contribution in [-0.4, -0.2) is 26.1 Å². The van der Waals surface area contributed by atoms with Crippen molar-refractivity contribution in [2.45, 2.75) is 45.1 Å². The Balaban J connectivity index is 1.52. The minimum atomic E-state index is -0.559. The fraction of sp³-hybridized carbons (Fsp3) is 0.387. The van der Waals surface area contributed by atoms with Crippen molar-refractivity contribution in [1.29, 1.82) is 0 Å². The summed E-state index contributed by atoms with van der Waals surface area (Å²) in [6, 6.07) is 25.8. The molecule has 1 fully saturated rings. The zero-order valence-corrected chi connectivity index (χ0v) is 21.5. The van der Waals surface area contributed by atoms with Gasteiger partial charge in [0.1, 0.15) is 11.4 Å². The predicted octanol–water partition coefficient (Wildman–Crippen LogP) is 7.01. The lowest BCUT2D eigenvalue weighted by molar-refractivity contribution is -0.120. The maximum Gasteiger partial charge on any atom is 0.227 e. The van der Waals surface area contributed by atoms with Crippen LogP contribution < -0.4 is 10.2 Å². The third-order valence-corrected chi connectivity index (χ3v) is 7.71. The summed E-state index contributed by atoms with van der Waals surface area (Å²) < 4.78 is 21.5. The van der Waals surface area contributed by atoms with E-state index >= 15 is 4.39 Å². The molecule has 4 nitrogen and oxygen atoms in total. The second-order valence-electron chi connectivity index (χ2n) is 9.60. The number of halogens is 1. The van der Waals surface area contributed by atoms with Gasteiger partial charge in [0.2, 0.25) is 5.91 Å². The van der Waals surface area contributed by atoms with Gasteiger partial charge >= 0.3 is 0 Å². The van der Waals surface area contributed by atoms with E-state index in [0.717, 1.165) is 49.9 Å². The van der Waals surface area contributed by atoms with Crippen LogP contribution in [-0.2, 0) is 15.1 Å². The molecule has 3 aromatic rings. The number of hydrogen-bond acceptors (Lipinski definition) is 3. The molecular formula is C31H37FN2O2. The lowest BCUT2D eigenvalue weighted by Crippen LogP contribution is -2.45. The summed E-state index contributed by atoms with van der Waals surface area (Å²) in [4.78, 5) is 14.5. The third-order valence-electron chi connectivity index (χ3n) is 7.71. The number of nitrogens with one attached hydrogen (secondary N) is 1. The Bertz CT molecular complexity index is 1080. The van der Waals surface area contributed by atoms with Crippen molar-refractivity contribution in [1.82, 2.24) is 0 Å². The molecule has 36 heavy (non-hydrogen) atoms. The lowest BCUT2D eigenvalue weighted by Gasteiger charge is -2.45. The van der Waals surface area contributed by atoms with E-state index in [1.807, 2.05) is 26.0 Å². The smallest absolute Gasteiger partial charge is 0.227 e. The highest BCUT2D eigenvalue weighted by Gasteiger charge is 2.43. The predicted molar refractivity (Wildman–Crippen MR) is 145 cm³/mol. The van der Waals surface area contributed by atoms with Gasteiger partial charge in [-0.05, 0) is 60.9 Å². The van der Waals surface area contributed by atoms with Gasteiger partial charge in [0.15, 0.2) is 0 Å². The number of rotatable bonds is 9. The van der Waals surface area contributed by atoms with Crippen LogP contribution in [0.2, 0.25) is 0 Å². The fourth-order valence-electron chi connectivity index (χ4n) is 5.68. The maximum atomic E-state index is 15.2. The molecule has 190 valence electrons. The number of benzene rings is 3. The van der Waals surface area contributed by atoms with E-state index in [1.165, 1.54) is 6.07 Å². The largest absolute Gasteiger partial charge is 0.369 e. The number of carbonyl (C=O) groups is 1. The van der Waals surface area contributed by atoms with Crippen molar-refractivity contribution in [3.63, 3.8) is 0 Å². The number of piperidine rings is 1. The molecule has 0 unspecified atom stereocenters. The Morgan fingerprint density at radius 1 is 0.972 bits per heavy atom. The Morgan fingerprint density at radius 3 is 2.00 bits per heavy atom. The van der Waals surface area contributed by atoms with Gasteiger partial charge in [-0.15, -0.1) is 0 Å². The van der Waals surface area contributed by atoms with Gasteiger partial charge in [-0.25, -0.2) is 4.39 Å². The van der Waals surface area contributed by atoms with Gasteiger partial charge in [-0.2, -0.15) is 0 Å². The van der Waals surface area contributed by atoms with Gasteiger partial charge in [0.25, 0.3) is 0 Å². The van der Waals surface area contributed by atoms with Gasteiger partial charge < -0.3 is 15.0 Å². The van der Waals surface area contributed by atoms with Gasteiger partial charge in [-0.3, -0.25) is 4.79 Å².